The number of ether oxygens (including phenoxy) is 1. The number of carbonyl (C=O) groups excluding carboxylic acids is 1. The van der Waals surface area contributed by atoms with E-state index < -0.39 is 0 Å². The largest absolute Gasteiger partial charge is 0.488 e. The molecule has 1 aliphatic heterocycles. The normalized spacial score (nSPS) is 14.9. The molecule has 1 saturated heterocycles. The van der Waals surface area contributed by atoms with E-state index >= 15 is 0 Å². The van der Waals surface area contributed by atoms with Crippen molar-refractivity contribution in [3.05, 3.63) is 76.0 Å². The zero-order valence-electron chi connectivity index (χ0n) is 16.1. The SMILES string of the molecule is Cc1ccc(OC2CNC2)cc1C(=O)N[C@H](C)c1cccc(-c2ccsc2)c1. The Kier molecular flexibility index (Phi) is 5.46. The van der Waals surface area contributed by atoms with E-state index in [0.717, 1.165) is 30.0 Å². The monoisotopic (exact) mass is 392 g/mol. The summed E-state index contributed by atoms with van der Waals surface area (Å²) in [6, 6.07) is 16.1. The summed E-state index contributed by atoms with van der Waals surface area (Å²) < 4.78 is 5.90. The van der Waals surface area contributed by atoms with Crippen molar-refractivity contribution in [1.82, 2.24) is 10.6 Å². The van der Waals surface area contributed by atoms with Crippen molar-refractivity contribution in [3.63, 3.8) is 0 Å². The van der Waals surface area contributed by atoms with Crippen molar-refractivity contribution in [2.75, 3.05) is 13.1 Å². The van der Waals surface area contributed by atoms with Gasteiger partial charge in [-0.15, -0.1) is 0 Å². The van der Waals surface area contributed by atoms with Gasteiger partial charge >= 0.3 is 0 Å². The van der Waals surface area contributed by atoms with E-state index in [2.05, 4.69) is 45.7 Å². The summed E-state index contributed by atoms with van der Waals surface area (Å²) in [7, 11) is 0. The average molecular weight is 393 g/mol. The maximum Gasteiger partial charge on any atom is 0.252 e. The topological polar surface area (TPSA) is 50.4 Å². The van der Waals surface area contributed by atoms with Crippen molar-refractivity contribution in [3.8, 4) is 16.9 Å². The molecule has 2 N–H and O–H groups in total. The van der Waals surface area contributed by atoms with Gasteiger partial charge < -0.3 is 15.4 Å². The highest BCUT2D eigenvalue weighted by atomic mass is 32.1. The molecule has 3 aromatic rings. The summed E-state index contributed by atoms with van der Waals surface area (Å²) >= 11 is 1.68. The third-order valence-electron chi connectivity index (χ3n) is 5.09. The Balaban J connectivity index is 1.48. The van der Waals surface area contributed by atoms with Crippen molar-refractivity contribution in [2.45, 2.75) is 26.0 Å². The Labute approximate surface area is 169 Å². The third kappa shape index (κ3) is 4.11. The van der Waals surface area contributed by atoms with Crippen molar-refractivity contribution >= 4 is 17.2 Å². The molecular weight excluding hydrogens is 368 g/mol. The number of hydrogen-bond acceptors (Lipinski definition) is 4. The van der Waals surface area contributed by atoms with Crippen LogP contribution in [-0.2, 0) is 0 Å². The van der Waals surface area contributed by atoms with Crippen LogP contribution in [0.4, 0.5) is 0 Å². The lowest BCUT2D eigenvalue weighted by molar-refractivity contribution is 0.0937. The number of rotatable bonds is 6. The summed E-state index contributed by atoms with van der Waals surface area (Å²) in [5.41, 5.74) is 5.06. The maximum atomic E-state index is 12.9. The Morgan fingerprint density at radius 1 is 1.18 bits per heavy atom. The highest BCUT2D eigenvalue weighted by molar-refractivity contribution is 7.08. The molecule has 2 heterocycles. The summed E-state index contributed by atoms with van der Waals surface area (Å²) in [5.74, 6) is 0.664. The third-order valence-corrected chi connectivity index (χ3v) is 5.77. The molecule has 1 aromatic heterocycles. The van der Waals surface area contributed by atoms with Gasteiger partial charge in [-0.2, -0.15) is 11.3 Å². The van der Waals surface area contributed by atoms with Crippen LogP contribution in [0.25, 0.3) is 11.1 Å². The van der Waals surface area contributed by atoms with Crippen LogP contribution in [0, 0.1) is 6.92 Å². The van der Waals surface area contributed by atoms with Crippen molar-refractivity contribution < 1.29 is 9.53 Å². The van der Waals surface area contributed by atoms with Crippen LogP contribution in [0.15, 0.2) is 59.3 Å². The van der Waals surface area contributed by atoms with Crippen molar-refractivity contribution in [1.29, 1.82) is 0 Å². The minimum atomic E-state index is -0.0918. The van der Waals surface area contributed by atoms with Crippen molar-refractivity contribution in [2.24, 2.45) is 0 Å². The summed E-state index contributed by atoms with van der Waals surface area (Å²) in [5, 5.41) is 10.5. The summed E-state index contributed by atoms with van der Waals surface area (Å²) in [6.45, 7) is 5.67. The van der Waals surface area contributed by atoms with Crippen LogP contribution in [0.2, 0.25) is 0 Å². The molecule has 1 fully saturated rings. The molecule has 0 saturated carbocycles. The van der Waals surface area contributed by atoms with E-state index in [1.54, 1.807) is 11.3 Å². The van der Waals surface area contributed by atoms with E-state index in [4.69, 9.17) is 4.74 Å². The maximum absolute atomic E-state index is 12.9. The molecule has 0 aliphatic carbocycles. The first kappa shape index (κ1) is 18.7. The molecule has 1 atom stereocenters. The molecule has 0 spiro atoms. The number of hydrogen-bond donors (Lipinski definition) is 2. The molecule has 1 amide bonds. The Morgan fingerprint density at radius 3 is 2.75 bits per heavy atom. The van der Waals surface area contributed by atoms with Gasteiger partial charge in [-0.05, 0) is 71.1 Å². The molecular formula is C23H24N2O2S. The first-order chi connectivity index (χ1) is 13.6. The predicted molar refractivity (Wildman–Crippen MR) is 114 cm³/mol. The summed E-state index contributed by atoms with van der Waals surface area (Å²) in [4.78, 5) is 12.9. The zero-order chi connectivity index (χ0) is 19.5. The first-order valence-corrected chi connectivity index (χ1v) is 10.5. The van der Waals surface area contributed by atoms with E-state index in [1.807, 2.05) is 38.1 Å². The number of nitrogens with one attached hydrogen (secondary N) is 2. The fourth-order valence-corrected chi connectivity index (χ4v) is 3.90. The molecule has 1 aliphatic rings. The molecule has 0 radical (unpaired) electrons. The van der Waals surface area contributed by atoms with E-state index in [0.29, 0.717) is 5.56 Å². The molecule has 5 heteroatoms. The number of amides is 1. The highest BCUT2D eigenvalue weighted by Crippen LogP contribution is 2.26. The fourth-order valence-electron chi connectivity index (χ4n) is 3.23. The second-order valence-electron chi connectivity index (χ2n) is 7.21. The van der Waals surface area contributed by atoms with Gasteiger partial charge in [0, 0.05) is 18.7 Å². The van der Waals surface area contributed by atoms with Gasteiger partial charge in [0.05, 0.1) is 6.04 Å². The number of thiophene rings is 1. The van der Waals surface area contributed by atoms with E-state index in [-0.39, 0.29) is 18.1 Å². The fraction of sp³-hybridized carbons (Fsp3) is 0.261. The molecule has 28 heavy (non-hydrogen) atoms. The van der Waals surface area contributed by atoms with Gasteiger partial charge in [-0.3, -0.25) is 4.79 Å². The number of benzene rings is 2. The second-order valence-corrected chi connectivity index (χ2v) is 7.99. The standard InChI is InChI=1S/C23H24N2O2S/c1-15-6-7-20(27-21-12-24-13-21)11-22(15)23(26)25-16(2)17-4-3-5-18(10-17)19-8-9-28-14-19/h3-11,14,16,21,24H,12-13H2,1-2H3,(H,25,26)/t16-/m1/s1. The minimum absolute atomic E-state index is 0.0804. The second kappa shape index (κ2) is 8.17. The van der Waals surface area contributed by atoms with Gasteiger partial charge in [0.15, 0.2) is 0 Å². The zero-order valence-corrected chi connectivity index (χ0v) is 16.9. The van der Waals surface area contributed by atoms with Gasteiger partial charge in [0.1, 0.15) is 11.9 Å². The lowest BCUT2D eigenvalue weighted by Crippen LogP contribution is -2.50. The quantitative estimate of drug-likeness (QED) is 0.646. The predicted octanol–water partition coefficient (Wildman–Crippen LogP) is 4.57. The van der Waals surface area contributed by atoms with E-state index in [1.165, 1.54) is 11.1 Å². The van der Waals surface area contributed by atoms with Crippen LogP contribution >= 0.6 is 11.3 Å². The number of carbonyl (C=O) groups is 1. The average Bonchev–Trinajstić information content (AvgIpc) is 3.20. The number of aryl methyl sites for hydroxylation is 1. The lowest BCUT2D eigenvalue weighted by atomic mass is 10.0. The van der Waals surface area contributed by atoms with Gasteiger partial charge in [0.25, 0.3) is 5.91 Å². The Bertz CT molecular complexity index is 964. The van der Waals surface area contributed by atoms with Crippen LogP contribution in [0.1, 0.15) is 34.5 Å². The van der Waals surface area contributed by atoms with Crippen LogP contribution in [0.5, 0.6) is 5.75 Å². The Morgan fingerprint density at radius 2 is 2.04 bits per heavy atom. The molecule has 0 bridgehead atoms. The minimum Gasteiger partial charge on any atom is -0.488 e. The molecule has 0 unspecified atom stereocenters. The van der Waals surface area contributed by atoms with Gasteiger partial charge in [-0.25, -0.2) is 0 Å². The Hall–Kier alpha value is -2.63. The summed E-state index contributed by atoms with van der Waals surface area (Å²) in [6.07, 6.45) is 0.192. The van der Waals surface area contributed by atoms with Crippen LogP contribution in [0.3, 0.4) is 0 Å². The highest BCUT2D eigenvalue weighted by Gasteiger charge is 2.20. The van der Waals surface area contributed by atoms with Gasteiger partial charge in [0.2, 0.25) is 0 Å². The molecule has 2 aromatic carbocycles. The van der Waals surface area contributed by atoms with Crippen LogP contribution in [-0.4, -0.2) is 25.1 Å². The van der Waals surface area contributed by atoms with Crippen LogP contribution < -0.4 is 15.4 Å². The molecule has 4 nitrogen and oxygen atoms in total. The molecule has 4 rings (SSSR count). The smallest absolute Gasteiger partial charge is 0.252 e. The first-order valence-electron chi connectivity index (χ1n) is 9.51. The molecule has 144 valence electrons. The van der Waals surface area contributed by atoms with Gasteiger partial charge in [-0.1, -0.05) is 24.3 Å². The van der Waals surface area contributed by atoms with E-state index in [9.17, 15) is 4.79 Å². The lowest BCUT2D eigenvalue weighted by Gasteiger charge is -2.28.